The fourth-order valence-electron chi connectivity index (χ4n) is 5.84. The van der Waals surface area contributed by atoms with Crippen LogP contribution in [0, 0.1) is 28.6 Å². The average molecular weight is 419 g/mol. The van der Waals surface area contributed by atoms with E-state index in [2.05, 4.69) is 12.1 Å². The molecular weight excluding hydrogens is 392 g/mol. The highest BCUT2D eigenvalue weighted by Crippen LogP contribution is 2.48. The van der Waals surface area contributed by atoms with Gasteiger partial charge in [-0.05, 0) is 49.8 Å². The minimum Gasteiger partial charge on any atom is -0.330 e. The van der Waals surface area contributed by atoms with E-state index in [1.165, 1.54) is 0 Å². The maximum atomic E-state index is 13.2. The van der Waals surface area contributed by atoms with Crippen LogP contribution in [0.4, 0.5) is 0 Å². The van der Waals surface area contributed by atoms with Gasteiger partial charge >= 0.3 is 0 Å². The molecular formula is C23H26N6O2. The molecule has 4 aliphatic rings. The van der Waals surface area contributed by atoms with E-state index in [-0.39, 0.29) is 42.0 Å². The molecule has 1 aliphatic carbocycles. The Labute approximate surface area is 181 Å². The summed E-state index contributed by atoms with van der Waals surface area (Å²) in [5, 5.41) is 18.5. The summed E-state index contributed by atoms with van der Waals surface area (Å²) < 4.78 is 0. The van der Waals surface area contributed by atoms with Crippen LogP contribution in [0.2, 0.25) is 0 Å². The normalized spacial score (nSPS) is 33.0. The van der Waals surface area contributed by atoms with E-state index in [0.717, 1.165) is 24.8 Å². The van der Waals surface area contributed by atoms with Crippen molar-refractivity contribution in [1.29, 1.82) is 10.5 Å². The second-order valence-electron chi connectivity index (χ2n) is 9.31. The number of likely N-dealkylation sites (tertiary alicyclic amines) is 3. The van der Waals surface area contributed by atoms with Gasteiger partial charge in [0.1, 0.15) is 6.04 Å². The number of hydrogen-bond donors (Lipinski definition) is 1. The van der Waals surface area contributed by atoms with Crippen molar-refractivity contribution in [1.82, 2.24) is 14.7 Å². The lowest BCUT2D eigenvalue weighted by atomic mass is 10.0. The van der Waals surface area contributed by atoms with Crippen molar-refractivity contribution in [3.8, 4) is 12.1 Å². The van der Waals surface area contributed by atoms with Crippen LogP contribution in [-0.2, 0) is 9.59 Å². The van der Waals surface area contributed by atoms with Gasteiger partial charge < -0.3 is 15.5 Å². The Balaban J connectivity index is 1.24. The molecule has 5 rings (SSSR count). The molecule has 2 bridgehead atoms. The SMILES string of the molecule is C[C@H](c1cccc(C#N)c1)N1C(=O)[C@@H]2C[C@H]1CN2C[C@H](N)C(=O)N1[C@H](C#N)CC2C[C@@H]21. The smallest absolute Gasteiger partial charge is 0.242 e. The third-order valence-electron chi connectivity index (χ3n) is 7.49. The standard InChI is InChI=1S/C23H26N6O2/c1-13(15-4-2-3-14(5-15)9-24)28-18-8-21(23(28)31)27(11-18)12-19(26)22(30)29-17(10-25)6-16-7-20(16)29/h2-5,13,16-21H,6-8,11-12,26H2,1H3/t13-,16?,17+,18+,19+,20+,21+/m1/s1. The Morgan fingerprint density at radius 2 is 2.10 bits per heavy atom. The minimum atomic E-state index is -0.722. The first kappa shape index (κ1) is 20.0. The number of carbonyl (C=O) groups is 2. The number of nitrogens with two attached hydrogens (primary N) is 1. The van der Waals surface area contributed by atoms with E-state index < -0.39 is 6.04 Å². The van der Waals surface area contributed by atoms with Crippen molar-refractivity contribution in [3.05, 3.63) is 35.4 Å². The lowest BCUT2D eigenvalue weighted by Gasteiger charge is -2.38. The number of benzene rings is 1. The Morgan fingerprint density at radius 1 is 1.29 bits per heavy atom. The summed E-state index contributed by atoms with van der Waals surface area (Å²) in [6.07, 6.45) is 2.47. The first-order valence-electron chi connectivity index (χ1n) is 11.0. The quantitative estimate of drug-likeness (QED) is 0.754. The van der Waals surface area contributed by atoms with Crippen LogP contribution in [0.3, 0.4) is 0 Å². The Bertz CT molecular complexity index is 1010. The molecule has 1 aromatic rings. The minimum absolute atomic E-state index is 0.0593. The highest BCUT2D eigenvalue weighted by molar-refractivity contribution is 5.87. The van der Waals surface area contributed by atoms with E-state index in [4.69, 9.17) is 11.0 Å². The molecule has 7 atom stereocenters. The molecule has 4 fully saturated rings. The molecule has 1 aromatic carbocycles. The van der Waals surface area contributed by atoms with Crippen LogP contribution in [0.25, 0.3) is 0 Å². The third-order valence-corrected chi connectivity index (χ3v) is 7.49. The summed E-state index contributed by atoms with van der Waals surface area (Å²) in [4.78, 5) is 31.8. The number of hydrogen-bond acceptors (Lipinski definition) is 6. The largest absolute Gasteiger partial charge is 0.330 e. The molecule has 1 saturated carbocycles. The van der Waals surface area contributed by atoms with Crippen molar-refractivity contribution < 1.29 is 9.59 Å². The molecule has 8 nitrogen and oxygen atoms in total. The van der Waals surface area contributed by atoms with Gasteiger partial charge in [0, 0.05) is 25.2 Å². The molecule has 8 heteroatoms. The van der Waals surface area contributed by atoms with E-state index in [0.29, 0.717) is 24.6 Å². The molecule has 0 spiro atoms. The average Bonchev–Trinajstić information content (AvgIpc) is 3.11. The zero-order chi connectivity index (χ0) is 21.9. The van der Waals surface area contributed by atoms with Crippen molar-refractivity contribution in [2.24, 2.45) is 11.7 Å². The van der Waals surface area contributed by atoms with Crippen molar-refractivity contribution >= 4 is 11.8 Å². The molecule has 0 radical (unpaired) electrons. The second kappa shape index (κ2) is 7.33. The number of nitriles is 2. The van der Waals surface area contributed by atoms with Gasteiger partial charge in [-0.2, -0.15) is 10.5 Å². The maximum absolute atomic E-state index is 13.2. The Morgan fingerprint density at radius 3 is 2.81 bits per heavy atom. The highest BCUT2D eigenvalue weighted by atomic mass is 16.2. The van der Waals surface area contributed by atoms with E-state index in [9.17, 15) is 14.9 Å². The summed E-state index contributed by atoms with van der Waals surface area (Å²) in [6, 6.07) is 10.6. The molecule has 3 heterocycles. The first-order chi connectivity index (χ1) is 14.9. The molecule has 2 amide bonds. The van der Waals surface area contributed by atoms with Gasteiger partial charge in [0.25, 0.3) is 0 Å². The summed E-state index contributed by atoms with van der Waals surface area (Å²) in [7, 11) is 0. The van der Waals surface area contributed by atoms with Crippen molar-refractivity contribution in [3.63, 3.8) is 0 Å². The predicted molar refractivity (Wildman–Crippen MR) is 111 cm³/mol. The number of rotatable bonds is 5. The Kier molecular flexibility index (Phi) is 4.73. The zero-order valence-electron chi connectivity index (χ0n) is 17.5. The van der Waals surface area contributed by atoms with Crippen LogP contribution in [0.5, 0.6) is 0 Å². The fourth-order valence-corrected chi connectivity index (χ4v) is 5.84. The van der Waals surface area contributed by atoms with E-state index >= 15 is 0 Å². The number of piperidine rings is 1. The molecule has 2 N–H and O–H groups in total. The highest BCUT2D eigenvalue weighted by Gasteiger charge is 2.56. The summed E-state index contributed by atoms with van der Waals surface area (Å²) in [5.41, 5.74) is 7.81. The number of fused-ring (bicyclic) bond motifs is 3. The van der Waals surface area contributed by atoms with Gasteiger partial charge in [-0.25, -0.2) is 0 Å². The van der Waals surface area contributed by atoms with Crippen LogP contribution >= 0.6 is 0 Å². The van der Waals surface area contributed by atoms with Gasteiger partial charge in [0.05, 0.1) is 35.8 Å². The van der Waals surface area contributed by atoms with E-state index in [1.807, 2.05) is 34.9 Å². The fraction of sp³-hybridized carbons (Fsp3) is 0.565. The molecule has 1 unspecified atom stereocenters. The predicted octanol–water partition coefficient (Wildman–Crippen LogP) is 0.745. The topological polar surface area (TPSA) is 117 Å². The lowest BCUT2D eigenvalue weighted by molar-refractivity contribution is -0.141. The van der Waals surface area contributed by atoms with Gasteiger partial charge in [0.15, 0.2) is 0 Å². The summed E-state index contributed by atoms with van der Waals surface area (Å²) in [5.74, 6) is 0.356. The van der Waals surface area contributed by atoms with Crippen molar-refractivity contribution in [2.75, 3.05) is 13.1 Å². The maximum Gasteiger partial charge on any atom is 0.242 e. The van der Waals surface area contributed by atoms with Gasteiger partial charge in [-0.3, -0.25) is 14.5 Å². The molecule has 3 aliphatic heterocycles. The molecule has 3 saturated heterocycles. The summed E-state index contributed by atoms with van der Waals surface area (Å²) in [6.45, 7) is 3.02. The van der Waals surface area contributed by atoms with Crippen LogP contribution in [0.15, 0.2) is 24.3 Å². The number of amides is 2. The van der Waals surface area contributed by atoms with E-state index in [1.54, 1.807) is 11.0 Å². The number of nitrogens with zero attached hydrogens (tertiary/aromatic N) is 5. The number of piperazine rings is 1. The number of carbonyl (C=O) groups excluding carboxylic acids is 2. The van der Waals surface area contributed by atoms with Crippen molar-refractivity contribution in [2.45, 2.75) is 62.4 Å². The molecule has 160 valence electrons. The van der Waals surface area contributed by atoms with Gasteiger partial charge in [-0.15, -0.1) is 0 Å². The van der Waals surface area contributed by atoms with Crippen LogP contribution < -0.4 is 5.73 Å². The van der Waals surface area contributed by atoms with Gasteiger partial charge in [-0.1, -0.05) is 12.1 Å². The van der Waals surface area contributed by atoms with Crippen LogP contribution in [-0.4, -0.2) is 69.8 Å². The zero-order valence-corrected chi connectivity index (χ0v) is 17.5. The lowest BCUT2D eigenvalue weighted by Crippen LogP contribution is -2.57. The monoisotopic (exact) mass is 418 g/mol. The second-order valence-corrected chi connectivity index (χ2v) is 9.31. The van der Waals surface area contributed by atoms with Crippen LogP contribution in [0.1, 0.15) is 43.4 Å². The molecule has 0 aromatic heterocycles. The summed E-state index contributed by atoms with van der Waals surface area (Å²) >= 11 is 0. The third kappa shape index (κ3) is 3.18. The molecule has 31 heavy (non-hydrogen) atoms. The Hall–Kier alpha value is -2.94. The first-order valence-corrected chi connectivity index (χ1v) is 11.0. The van der Waals surface area contributed by atoms with Gasteiger partial charge in [0.2, 0.25) is 11.8 Å².